The van der Waals surface area contributed by atoms with Crippen molar-refractivity contribution in [2.24, 2.45) is 0 Å². The van der Waals surface area contributed by atoms with E-state index in [0.717, 1.165) is 23.1 Å². The highest BCUT2D eigenvalue weighted by atomic mass is 19.1. The number of imide groups is 1. The highest BCUT2D eigenvalue weighted by Gasteiger charge is 2.50. The van der Waals surface area contributed by atoms with Crippen molar-refractivity contribution in [1.29, 1.82) is 0 Å². The quantitative estimate of drug-likeness (QED) is 0.691. The van der Waals surface area contributed by atoms with Crippen molar-refractivity contribution in [3.8, 4) is 0 Å². The maximum Gasteiger partial charge on any atom is 0.325 e. The average Bonchev–Trinajstić information content (AvgIpc) is 2.76. The average molecular weight is 395 g/mol. The Morgan fingerprint density at radius 3 is 2.50 bits per heavy atom. The van der Waals surface area contributed by atoms with E-state index in [1.54, 1.807) is 13.8 Å². The molecule has 0 bridgehead atoms. The summed E-state index contributed by atoms with van der Waals surface area (Å²) in [7, 11) is 0. The molecule has 28 heavy (non-hydrogen) atoms. The van der Waals surface area contributed by atoms with Crippen LogP contribution in [0.3, 0.4) is 0 Å². The number of carbonyl (C=O) groups is 4. The summed E-state index contributed by atoms with van der Waals surface area (Å²) in [4.78, 5) is 49.1. The first-order valence-corrected chi connectivity index (χ1v) is 8.76. The van der Waals surface area contributed by atoms with Gasteiger partial charge in [0.1, 0.15) is 23.0 Å². The largest absolute Gasteiger partial charge is 0.351 e. The molecule has 1 aromatic rings. The van der Waals surface area contributed by atoms with Crippen LogP contribution < -0.4 is 10.6 Å². The number of Topliss-reactive ketones (excluding diaryl/α,β-unsaturated/α-hetero) is 1. The number of halogens is 2. The molecule has 1 fully saturated rings. The predicted molar refractivity (Wildman–Crippen MR) is 96.1 cm³/mol. The number of amides is 4. The van der Waals surface area contributed by atoms with Gasteiger partial charge in [-0.25, -0.2) is 13.6 Å². The third-order valence-electron chi connectivity index (χ3n) is 4.47. The Labute approximate surface area is 161 Å². The summed E-state index contributed by atoms with van der Waals surface area (Å²) in [6.07, 6.45) is -0.0546. The number of nitrogens with zero attached hydrogens (tertiary/aromatic N) is 1. The maximum absolute atomic E-state index is 14.1. The first-order chi connectivity index (χ1) is 12.9. The molecule has 4 amide bonds. The van der Waals surface area contributed by atoms with Gasteiger partial charge < -0.3 is 10.6 Å². The lowest BCUT2D eigenvalue weighted by Crippen LogP contribution is -2.46. The van der Waals surface area contributed by atoms with Crippen molar-refractivity contribution in [2.45, 2.75) is 51.6 Å². The molecular weight excluding hydrogens is 372 g/mol. The van der Waals surface area contributed by atoms with E-state index in [2.05, 4.69) is 10.6 Å². The molecule has 1 aliphatic heterocycles. The lowest BCUT2D eigenvalue weighted by molar-refractivity contribution is -0.131. The molecule has 2 rings (SSSR count). The number of urea groups is 1. The van der Waals surface area contributed by atoms with Crippen LogP contribution in [0.4, 0.5) is 13.6 Å². The van der Waals surface area contributed by atoms with Crippen molar-refractivity contribution in [1.82, 2.24) is 15.5 Å². The van der Waals surface area contributed by atoms with E-state index < -0.39 is 40.6 Å². The normalized spacial score (nSPS) is 19.6. The van der Waals surface area contributed by atoms with Gasteiger partial charge in [0.15, 0.2) is 0 Å². The van der Waals surface area contributed by atoms with Crippen molar-refractivity contribution >= 4 is 23.6 Å². The fraction of sp³-hybridized carbons (Fsp3) is 0.474. The van der Waals surface area contributed by atoms with Crippen molar-refractivity contribution in [3.63, 3.8) is 0 Å². The van der Waals surface area contributed by atoms with Gasteiger partial charge in [-0.15, -0.1) is 0 Å². The third-order valence-corrected chi connectivity index (χ3v) is 4.47. The topological polar surface area (TPSA) is 95.6 Å². The van der Waals surface area contributed by atoms with E-state index in [1.807, 2.05) is 0 Å². The van der Waals surface area contributed by atoms with Crippen LogP contribution >= 0.6 is 0 Å². The molecule has 0 saturated carbocycles. The van der Waals surface area contributed by atoms with E-state index in [0.29, 0.717) is 0 Å². The first-order valence-electron chi connectivity index (χ1n) is 8.76. The molecule has 0 unspecified atom stereocenters. The second-order valence-electron chi connectivity index (χ2n) is 7.70. The highest BCUT2D eigenvalue weighted by Crippen LogP contribution is 2.31. The Morgan fingerprint density at radius 1 is 1.25 bits per heavy atom. The van der Waals surface area contributed by atoms with Gasteiger partial charge in [-0.3, -0.25) is 19.3 Å². The van der Waals surface area contributed by atoms with Gasteiger partial charge in [-0.1, -0.05) is 0 Å². The smallest absolute Gasteiger partial charge is 0.325 e. The van der Waals surface area contributed by atoms with Gasteiger partial charge in [-0.2, -0.15) is 0 Å². The van der Waals surface area contributed by atoms with E-state index >= 15 is 0 Å². The number of ketones is 1. The van der Waals surface area contributed by atoms with Crippen LogP contribution in [0.1, 0.15) is 46.1 Å². The fourth-order valence-electron chi connectivity index (χ4n) is 3.28. The lowest BCUT2D eigenvalue weighted by Gasteiger charge is -2.25. The minimum absolute atomic E-state index is 0.0905. The molecule has 1 atom stereocenters. The molecule has 1 aliphatic rings. The molecular formula is C19H23F2N3O4. The van der Waals surface area contributed by atoms with Gasteiger partial charge in [0, 0.05) is 30.5 Å². The Hall–Kier alpha value is -2.84. The summed E-state index contributed by atoms with van der Waals surface area (Å²) < 4.78 is 27.6. The standard InChI is InChI=1S/C19H23F2N3O4/c1-11(25)10-18(2,3)22-15(26)7-8-24-16(27)19(4,23-17(24)28)13-9-12(20)5-6-14(13)21/h5-6,9H,7-8,10H2,1-4H3,(H,22,26)(H,23,28)/t19-/m1/s1. The zero-order chi connectivity index (χ0) is 21.3. The van der Waals surface area contributed by atoms with Crippen LogP contribution in [0.25, 0.3) is 0 Å². The minimum atomic E-state index is -1.77. The van der Waals surface area contributed by atoms with Crippen molar-refractivity contribution < 1.29 is 28.0 Å². The Kier molecular flexibility index (Phi) is 5.86. The van der Waals surface area contributed by atoms with Gasteiger partial charge in [-0.05, 0) is 45.9 Å². The Balaban J connectivity index is 2.09. The van der Waals surface area contributed by atoms with E-state index in [1.165, 1.54) is 13.8 Å². The van der Waals surface area contributed by atoms with Gasteiger partial charge in [0.05, 0.1) is 0 Å². The first kappa shape index (κ1) is 21.5. The molecule has 0 radical (unpaired) electrons. The summed E-state index contributed by atoms with van der Waals surface area (Å²) in [5, 5.41) is 5.04. The monoisotopic (exact) mass is 395 g/mol. The molecule has 1 saturated heterocycles. The second-order valence-corrected chi connectivity index (χ2v) is 7.70. The zero-order valence-electron chi connectivity index (χ0n) is 16.2. The fourth-order valence-corrected chi connectivity index (χ4v) is 3.28. The van der Waals surface area contributed by atoms with Crippen LogP contribution in [0, 0.1) is 11.6 Å². The molecule has 1 aromatic carbocycles. The number of hydrogen-bond acceptors (Lipinski definition) is 4. The second kappa shape index (κ2) is 7.65. The number of nitrogens with one attached hydrogen (secondary N) is 2. The minimum Gasteiger partial charge on any atom is -0.351 e. The van der Waals surface area contributed by atoms with E-state index in [-0.39, 0.29) is 30.7 Å². The Morgan fingerprint density at radius 2 is 1.89 bits per heavy atom. The SMILES string of the molecule is CC(=O)CC(C)(C)NC(=O)CCN1C(=O)N[C@](C)(c2cc(F)ccc2F)C1=O. The molecule has 0 aromatic heterocycles. The molecule has 7 nitrogen and oxygen atoms in total. The van der Waals surface area contributed by atoms with Gasteiger partial charge in [0.25, 0.3) is 5.91 Å². The van der Waals surface area contributed by atoms with Gasteiger partial charge >= 0.3 is 6.03 Å². The summed E-state index contributed by atoms with van der Waals surface area (Å²) in [5.41, 5.74) is -2.83. The molecule has 1 heterocycles. The van der Waals surface area contributed by atoms with Crippen molar-refractivity contribution in [3.05, 3.63) is 35.4 Å². The number of rotatable bonds is 7. The van der Waals surface area contributed by atoms with Crippen molar-refractivity contribution in [2.75, 3.05) is 6.54 Å². The molecule has 0 aliphatic carbocycles. The number of benzene rings is 1. The number of hydrogen-bond donors (Lipinski definition) is 2. The summed E-state index contributed by atoms with van der Waals surface area (Å²) in [6.45, 7) is 5.82. The van der Waals surface area contributed by atoms with Crippen LogP contribution in [0.15, 0.2) is 18.2 Å². The third kappa shape index (κ3) is 4.52. The molecule has 0 spiro atoms. The van der Waals surface area contributed by atoms with Gasteiger partial charge in [0.2, 0.25) is 5.91 Å². The van der Waals surface area contributed by atoms with Crippen LogP contribution in [-0.4, -0.2) is 40.6 Å². The Bertz CT molecular complexity index is 840. The lowest BCUT2D eigenvalue weighted by atomic mass is 9.91. The van der Waals surface area contributed by atoms with Crippen LogP contribution in [-0.2, 0) is 19.9 Å². The predicted octanol–water partition coefficient (Wildman–Crippen LogP) is 2.00. The van der Waals surface area contributed by atoms with E-state index in [4.69, 9.17) is 0 Å². The summed E-state index contributed by atoms with van der Waals surface area (Å²) in [5.74, 6) is -2.89. The van der Waals surface area contributed by atoms with Crippen LogP contribution in [0.2, 0.25) is 0 Å². The molecule has 152 valence electrons. The highest BCUT2D eigenvalue weighted by molar-refractivity contribution is 6.07. The van der Waals surface area contributed by atoms with E-state index in [9.17, 15) is 28.0 Å². The number of carbonyl (C=O) groups excluding carboxylic acids is 4. The zero-order valence-corrected chi connectivity index (χ0v) is 16.2. The summed E-state index contributed by atoms with van der Waals surface area (Å²) >= 11 is 0. The maximum atomic E-state index is 14.1. The molecule has 2 N–H and O–H groups in total. The summed E-state index contributed by atoms with van der Waals surface area (Å²) in [6, 6.07) is 1.84. The molecule has 9 heteroatoms. The van der Waals surface area contributed by atoms with Crippen LogP contribution in [0.5, 0.6) is 0 Å².